The number of ether oxygens (including phenoxy) is 1. The number of hydrogen-bond acceptors (Lipinski definition) is 5. The van der Waals surface area contributed by atoms with Crippen molar-refractivity contribution in [3.05, 3.63) is 57.5 Å². The van der Waals surface area contributed by atoms with Gasteiger partial charge in [0.05, 0.1) is 24.8 Å². The SMILES string of the molecule is CC(C(=O)N1CCC2(CCc3c2nc(N2CCOCC2)[nH]c3=O)CC1)c1ccccc1. The Morgan fingerprint density at radius 2 is 1.81 bits per heavy atom. The summed E-state index contributed by atoms with van der Waals surface area (Å²) >= 11 is 0. The second kappa shape index (κ2) is 8.11. The Morgan fingerprint density at radius 3 is 2.52 bits per heavy atom. The fourth-order valence-electron chi connectivity index (χ4n) is 5.36. The first kappa shape index (κ1) is 20.2. The molecule has 5 rings (SSSR count). The van der Waals surface area contributed by atoms with E-state index < -0.39 is 0 Å². The molecule has 0 saturated carbocycles. The largest absolute Gasteiger partial charge is 0.378 e. The molecule has 2 aromatic rings. The number of aromatic nitrogens is 2. The highest BCUT2D eigenvalue weighted by molar-refractivity contribution is 5.83. The molecule has 2 fully saturated rings. The van der Waals surface area contributed by atoms with Gasteiger partial charge in [-0.15, -0.1) is 0 Å². The predicted octanol–water partition coefficient (Wildman–Crippen LogP) is 2.22. The topological polar surface area (TPSA) is 78.5 Å². The first-order valence-corrected chi connectivity index (χ1v) is 11.4. The zero-order chi connectivity index (χ0) is 21.4. The number of benzene rings is 1. The van der Waals surface area contributed by atoms with Crippen molar-refractivity contribution in [2.45, 2.75) is 43.9 Å². The van der Waals surface area contributed by atoms with E-state index in [2.05, 4.69) is 9.88 Å². The normalized spacial score (nSPS) is 21.2. The lowest BCUT2D eigenvalue weighted by Gasteiger charge is -2.40. The number of likely N-dealkylation sites (tertiary alicyclic amines) is 1. The van der Waals surface area contributed by atoms with Gasteiger partial charge in [-0.25, -0.2) is 4.98 Å². The molecule has 164 valence electrons. The van der Waals surface area contributed by atoms with E-state index in [9.17, 15) is 9.59 Å². The summed E-state index contributed by atoms with van der Waals surface area (Å²) in [6.07, 6.45) is 3.45. The van der Waals surface area contributed by atoms with Crippen molar-refractivity contribution in [3.63, 3.8) is 0 Å². The van der Waals surface area contributed by atoms with E-state index in [1.54, 1.807) is 0 Å². The van der Waals surface area contributed by atoms with Crippen molar-refractivity contribution in [2.24, 2.45) is 0 Å². The lowest BCUT2D eigenvalue weighted by molar-refractivity contribution is -0.134. The van der Waals surface area contributed by atoms with Crippen molar-refractivity contribution in [2.75, 3.05) is 44.3 Å². The number of hydrogen-bond donors (Lipinski definition) is 1. The third kappa shape index (κ3) is 3.65. The van der Waals surface area contributed by atoms with E-state index in [1.165, 1.54) is 0 Å². The quantitative estimate of drug-likeness (QED) is 0.821. The van der Waals surface area contributed by atoms with Crippen molar-refractivity contribution in [3.8, 4) is 0 Å². The minimum Gasteiger partial charge on any atom is -0.378 e. The molecule has 31 heavy (non-hydrogen) atoms. The van der Waals surface area contributed by atoms with Crippen LogP contribution in [0.2, 0.25) is 0 Å². The van der Waals surface area contributed by atoms with Gasteiger partial charge >= 0.3 is 0 Å². The number of nitrogens with zero attached hydrogens (tertiary/aromatic N) is 3. The highest BCUT2D eigenvalue weighted by Gasteiger charge is 2.45. The number of aromatic amines is 1. The Bertz CT molecular complexity index is 1010. The van der Waals surface area contributed by atoms with Gasteiger partial charge < -0.3 is 14.5 Å². The molecule has 1 atom stereocenters. The van der Waals surface area contributed by atoms with Gasteiger partial charge in [-0.2, -0.15) is 0 Å². The summed E-state index contributed by atoms with van der Waals surface area (Å²) in [5, 5.41) is 0. The Balaban J connectivity index is 1.34. The number of H-pyrrole nitrogens is 1. The smallest absolute Gasteiger partial charge is 0.255 e. The first-order valence-electron chi connectivity index (χ1n) is 11.4. The average molecular weight is 423 g/mol. The molecule has 0 bridgehead atoms. The third-order valence-corrected chi connectivity index (χ3v) is 7.37. The molecule has 0 radical (unpaired) electrons. The summed E-state index contributed by atoms with van der Waals surface area (Å²) in [6, 6.07) is 9.97. The van der Waals surface area contributed by atoms with Crippen molar-refractivity contribution in [1.29, 1.82) is 0 Å². The van der Waals surface area contributed by atoms with E-state index in [0.29, 0.717) is 19.2 Å². The molecule has 1 amide bonds. The molecule has 1 N–H and O–H groups in total. The number of rotatable bonds is 3. The number of piperidine rings is 1. The van der Waals surface area contributed by atoms with Crippen LogP contribution in [-0.4, -0.2) is 60.2 Å². The summed E-state index contributed by atoms with van der Waals surface area (Å²) in [7, 11) is 0. The van der Waals surface area contributed by atoms with Crippen LogP contribution in [0.15, 0.2) is 35.1 Å². The molecule has 1 aromatic carbocycles. The molecule has 7 heteroatoms. The van der Waals surface area contributed by atoms with E-state index in [0.717, 1.165) is 68.7 Å². The summed E-state index contributed by atoms with van der Waals surface area (Å²) in [5.74, 6) is 0.719. The van der Waals surface area contributed by atoms with Crippen LogP contribution in [-0.2, 0) is 21.4 Å². The van der Waals surface area contributed by atoms with Crippen LogP contribution in [0.4, 0.5) is 5.95 Å². The van der Waals surface area contributed by atoms with Crippen LogP contribution in [0, 0.1) is 0 Å². The molecule has 7 nitrogen and oxygen atoms in total. The average Bonchev–Trinajstić information content (AvgIpc) is 3.18. The number of carbonyl (C=O) groups is 1. The second-order valence-corrected chi connectivity index (χ2v) is 9.05. The highest BCUT2D eigenvalue weighted by Crippen LogP contribution is 2.45. The van der Waals surface area contributed by atoms with Crippen LogP contribution in [0.5, 0.6) is 0 Å². The third-order valence-electron chi connectivity index (χ3n) is 7.37. The maximum Gasteiger partial charge on any atom is 0.255 e. The minimum absolute atomic E-state index is 0.000396. The number of fused-ring (bicyclic) bond motifs is 2. The zero-order valence-electron chi connectivity index (χ0n) is 18.1. The molecule has 3 aliphatic rings. The van der Waals surface area contributed by atoms with Crippen molar-refractivity contribution < 1.29 is 9.53 Å². The van der Waals surface area contributed by atoms with Crippen LogP contribution in [0.25, 0.3) is 0 Å². The lowest BCUT2D eigenvalue weighted by Crippen LogP contribution is -2.46. The van der Waals surface area contributed by atoms with Gasteiger partial charge in [0.1, 0.15) is 0 Å². The molecule has 3 heterocycles. The molecule has 1 unspecified atom stereocenters. The van der Waals surface area contributed by atoms with E-state index in [1.807, 2.05) is 42.2 Å². The summed E-state index contributed by atoms with van der Waals surface area (Å²) in [5.41, 5.74) is 2.79. The van der Waals surface area contributed by atoms with Crippen LogP contribution in [0.1, 0.15) is 48.9 Å². The Hall–Kier alpha value is -2.67. The van der Waals surface area contributed by atoms with Gasteiger partial charge in [0.15, 0.2) is 0 Å². The predicted molar refractivity (Wildman–Crippen MR) is 119 cm³/mol. The summed E-state index contributed by atoms with van der Waals surface area (Å²) < 4.78 is 5.44. The molecule has 2 aliphatic heterocycles. The van der Waals surface area contributed by atoms with Crippen molar-refractivity contribution >= 4 is 11.9 Å². The van der Waals surface area contributed by atoms with Gasteiger partial charge in [0, 0.05) is 37.2 Å². The van der Waals surface area contributed by atoms with E-state index in [4.69, 9.17) is 9.72 Å². The number of amides is 1. The Labute approximate surface area is 182 Å². The maximum atomic E-state index is 13.1. The summed E-state index contributed by atoms with van der Waals surface area (Å²) in [6.45, 7) is 6.23. The molecular formula is C24H30N4O3. The standard InChI is InChI=1S/C24H30N4O3/c1-17(18-5-3-2-4-6-18)22(30)27-11-9-24(10-12-27)8-7-19-20(24)25-23(26-21(19)29)28-13-15-31-16-14-28/h2-6,17H,7-16H2,1H3,(H,25,26,29). The van der Waals surface area contributed by atoms with Gasteiger partial charge in [-0.05, 0) is 38.2 Å². The summed E-state index contributed by atoms with van der Waals surface area (Å²) in [4.78, 5) is 38.0. The van der Waals surface area contributed by atoms with Gasteiger partial charge in [0.25, 0.3) is 5.56 Å². The van der Waals surface area contributed by atoms with Gasteiger partial charge in [-0.1, -0.05) is 30.3 Å². The Kier molecular flexibility index (Phi) is 5.30. The first-order chi connectivity index (χ1) is 15.1. The van der Waals surface area contributed by atoms with Crippen LogP contribution < -0.4 is 10.5 Å². The molecular weight excluding hydrogens is 392 g/mol. The molecule has 2 saturated heterocycles. The zero-order valence-corrected chi connectivity index (χ0v) is 18.1. The fourth-order valence-corrected chi connectivity index (χ4v) is 5.36. The highest BCUT2D eigenvalue weighted by atomic mass is 16.5. The monoisotopic (exact) mass is 422 g/mol. The lowest BCUT2D eigenvalue weighted by atomic mass is 9.76. The molecule has 1 aliphatic carbocycles. The van der Waals surface area contributed by atoms with Gasteiger partial charge in [0.2, 0.25) is 11.9 Å². The molecule has 1 aromatic heterocycles. The number of nitrogens with one attached hydrogen (secondary N) is 1. The maximum absolute atomic E-state index is 13.1. The number of carbonyl (C=O) groups excluding carboxylic acids is 1. The molecule has 1 spiro atoms. The van der Waals surface area contributed by atoms with Crippen LogP contribution >= 0.6 is 0 Å². The minimum atomic E-state index is -0.139. The van der Waals surface area contributed by atoms with Crippen LogP contribution in [0.3, 0.4) is 0 Å². The van der Waals surface area contributed by atoms with Gasteiger partial charge in [-0.3, -0.25) is 14.6 Å². The Morgan fingerprint density at radius 1 is 1.10 bits per heavy atom. The van der Waals surface area contributed by atoms with Crippen molar-refractivity contribution in [1.82, 2.24) is 14.9 Å². The fraction of sp³-hybridized carbons (Fsp3) is 0.542. The van der Waals surface area contributed by atoms with E-state index >= 15 is 0 Å². The number of anilines is 1. The van der Waals surface area contributed by atoms with E-state index in [-0.39, 0.29) is 22.8 Å². The number of morpholine rings is 1. The second-order valence-electron chi connectivity index (χ2n) is 9.05.